The van der Waals surface area contributed by atoms with Crippen LogP contribution in [-0.4, -0.2) is 24.0 Å². The van der Waals surface area contributed by atoms with Crippen molar-refractivity contribution in [1.29, 1.82) is 0 Å². The van der Waals surface area contributed by atoms with Crippen LogP contribution < -0.4 is 10.6 Å². The lowest BCUT2D eigenvalue weighted by molar-refractivity contribution is -0.153. The second-order valence-electron chi connectivity index (χ2n) is 6.31. The summed E-state index contributed by atoms with van der Waals surface area (Å²) in [7, 11) is 0. The van der Waals surface area contributed by atoms with E-state index >= 15 is 0 Å². The first-order chi connectivity index (χ1) is 9.76. The average molecular weight is 290 g/mol. The number of esters is 1. The Morgan fingerprint density at radius 2 is 2.05 bits per heavy atom. The third kappa shape index (κ3) is 3.97. The van der Waals surface area contributed by atoms with Gasteiger partial charge in [0.1, 0.15) is 12.1 Å². The van der Waals surface area contributed by atoms with E-state index in [1.165, 1.54) is 4.90 Å². The first kappa shape index (κ1) is 15.4. The summed E-state index contributed by atoms with van der Waals surface area (Å²) in [4.78, 5) is 25.8. The first-order valence-corrected chi connectivity index (χ1v) is 7.17. The molecule has 0 unspecified atom stereocenters. The number of hydrogen-bond acceptors (Lipinski definition) is 4. The number of nitrogen functional groups attached to an aromatic ring is 1. The molecule has 0 radical (unpaired) electrons. The van der Waals surface area contributed by atoms with E-state index in [4.69, 9.17) is 10.5 Å². The van der Waals surface area contributed by atoms with Gasteiger partial charge >= 0.3 is 5.97 Å². The summed E-state index contributed by atoms with van der Waals surface area (Å²) in [5.74, 6) is -0.454. The van der Waals surface area contributed by atoms with Crippen molar-refractivity contribution < 1.29 is 14.3 Å². The molecular formula is C16H22N2O3. The van der Waals surface area contributed by atoms with Gasteiger partial charge in [-0.3, -0.25) is 9.59 Å². The quantitative estimate of drug-likeness (QED) is 0.670. The van der Waals surface area contributed by atoms with Gasteiger partial charge in [-0.15, -0.1) is 0 Å². The summed E-state index contributed by atoms with van der Waals surface area (Å²) in [5, 5.41) is 0. The van der Waals surface area contributed by atoms with Gasteiger partial charge in [-0.25, -0.2) is 0 Å². The van der Waals surface area contributed by atoms with Crippen molar-refractivity contribution in [2.75, 3.05) is 17.2 Å². The molecule has 0 bridgehead atoms. The van der Waals surface area contributed by atoms with Crippen LogP contribution in [0.3, 0.4) is 0 Å². The van der Waals surface area contributed by atoms with E-state index in [1.807, 2.05) is 26.8 Å². The molecule has 1 aromatic rings. The van der Waals surface area contributed by atoms with E-state index < -0.39 is 11.6 Å². The predicted octanol–water partition coefficient (Wildman–Crippen LogP) is 2.28. The zero-order valence-electron chi connectivity index (χ0n) is 12.8. The minimum atomic E-state index is -0.560. The molecule has 0 aromatic heterocycles. The van der Waals surface area contributed by atoms with Gasteiger partial charge in [0.15, 0.2) is 0 Å². The summed E-state index contributed by atoms with van der Waals surface area (Å²) < 4.78 is 5.31. The normalized spacial score (nSPS) is 15.4. The SMILES string of the molecule is CC(C)(C)OC(=O)CN1C(=O)CCCc2cc(N)ccc21. The fraction of sp³-hybridized carbons (Fsp3) is 0.500. The van der Waals surface area contributed by atoms with Crippen molar-refractivity contribution >= 4 is 23.3 Å². The highest BCUT2D eigenvalue weighted by Crippen LogP contribution is 2.28. The smallest absolute Gasteiger partial charge is 0.326 e. The number of ether oxygens (including phenoxy) is 1. The molecule has 2 rings (SSSR count). The molecule has 5 heteroatoms. The number of rotatable bonds is 2. The van der Waals surface area contributed by atoms with Crippen LogP contribution in [0.4, 0.5) is 11.4 Å². The lowest BCUT2D eigenvalue weighted by Gasteiger charge is -2.25. The molecule has 0 saturated heterocycles. The third-order valence-corrected chi connectivity index (χ3v) is 3.24. The van der Waals surface area contributed by atoms with Gasteiger partial charge in [0.05, 0.1) is 0 Å². The maximum absolute atomic E-state index is 12.2. The van der Waals surface area contributed by atoms with Crippen molar-refractivity contribution in [1.82, 2.24) is 0 Å². The molecule has 5 nitrogen and oxygen atoms in total. The highest BCUT2D eigenvalue weighted by atomic mass is 16.6. The number of hydrogen-bond donors (Lipinski definition) is 1. The number of anilines is 2. The average Bonchev–Trinajstić information content (AvgIpc) is 2.47. The summed E-state index contributed by atoms with van der Waals surface area (Å²) in [6.07, 6.45) is 1.98. The molecule has 0 atom stereocenters. The Labute approximate surface area is 125 Å². The number of benzene rings is 1. The molecule has 1 heterocycles. The molecule has 2 N–H and O–H groups in total. The Bertz CT molecular complexity index is 561. The van der Waals surface area contributed by atoms with Gasteiger partial charge in [-0.1, -0.05) is 0 Å². The van der Waals surface area contributed by atoms with E-state index in [2.05, 4.69) is 0 Å². The molecule has 0 saturated carbocycles. The molecule has 0 fully saturated rings. The standard InChI is InChI=1S/C16H22N2O3/c1-16(2,3)21-15(20)10-18-13-8-7-12(17)9-11(13)5-4-6-14(18)19/h7-9H,4-6,10,17H2,1-3H3. The van der Waals surface area contributed by atoms with E-state index in [-0.39, 0.29) is 12.5 Å². The Balaban J connectivity index is 2.25. The third-order valence-electron chi connectivity index (χ3n) is 3.24. The van der Waals surface area contributed by atoms with Gasteiger partial charge in [0, 0.05) is 17.8 Å². The fourth-order valence-electron chi connectivity index (χ4n) is 2.44. The van der Waals surface area contributed by atoms with Crippen molar-refractivity contribution in [2.45, 2.75) is 45.6 Å². The van der Waals surface area contributed by atoms with Crippen LogP contribution in [0.5, 0.6) is 0 Å². The van der Waals surface area contributed by atoms with Crippen LogP contribution >= 0.6 is 0 Å². The zero-order valence-corrected chi connectivity index (χ0v) is 12.8. The minimum Gasteiger partial charge on any atom is -0.459 e. The predicted molar refractivity (Wildman–Crippen MR) is 82.0 cm³/mol. The number of carbonyl (C=O) groups excluding carboxylic acids is 2. The van der Waals surface area contributed by atoms with Gasteiger partial charge in [-0.2, -0.15) is 0 Å². The van der Waals surface area contributed by atoms with Crippen LogP contribution in [0.2, 0.25) is 0 Å². The van der Waals surface area contributed by atoms with Crippen molar-refractivity contribution in [3.05, 3.63) is 23.8 Å². The summed E-state index contributed by atoms with van der Waals surface area (Å²) in [6.45, 7) is 5.37. The van der Waals surface area contributed by atoms with Gasteiger partial charge in [0.2, 0.25) is 5.91 Å². The highest BCUT2D eigenvalue weighted by molar-refractivity contribution is 5.99. The lowest BCUT2D eigenvalue weighted by Crippen LogP contribution is -2.38. The summed E-state index contributed by atoms with van der Waals surface area (Å²) in [6, 6.07) is 5.42. The summed E-state index contributed by atoms with van der Waals surface area (Å²) in [5.41, 5.74) is 7.68. The molecule has 1 aliphatic heterocycles. The summed E-state index contributed by atoms with van der Waals surface area (Å²) >= 11 is 0. The first-order valence-electron chi connectivity index (χ1n) is 7.17. The lowest BCUT2D eigenvalue weighted by atomic mass is 10.1. The number of aryl methyl sites for hydroxylation is 1. The van der Waals surface area contributed by atoms with Crippen molar-refractivity contribution in [2.24, 2.45) is 0 Å². The maximum Gasteiger partial charge on any atom is 0.326 e. The van der Waals surface area contributed by atoms with Crippen molar-refractivity contribution in [3.63, 3.8) is 0 Å². The molecule has 114 valence electrons. The number of nitrogens with two attached hydrogens (primary N) is 1. The van der Waals surface area contributed by atoms with Crippen LogP contribution in [0.15, 0.2) is 18.2 Å². The Morgan fingerprint density at radius 3 is 2.71 bits per heavy atom. The Kier molecular flexibility index (Phi) is 4.21. The van der Waals surface area contributed by atoms with E-state index in [0.29, 0.717) is 12.1 Å². The van der Waals surface area contributed by atoms with Crippen LogP contribution in [0, 0.1) is 0 Å². The monoisotopic (exact) mass is 290 g/mol. The van der Waals surface area contributed by atoms with Crippen LogP contribution in [0.25, 0.3) is 0 Å². The number of fused-ring (bicyclic) bond motifs is 1. The maximum atomic E-state index is 12.2. The Hall–Kier alpha value is -2.04. The molecule has 21 heavy (non-hydrogen) atoms. The van der Waals surface area contributed by atoms with Crippen molar-refractivity contribution in [3.8, 4) is 0 Å². The highest BCUT2D eigenvalue weighted by Gasteiger charge is 2.26. The van der Waals surface area contributed by atoms with Crippen LogP contribution in [0.1, 0.15) is 39.2 Å². The number of amides is 1. The van der Waals surface area contributed by atoms with Gasteiger partial charge < -0.3 is 15.4 Å². The van der Waals surface area contributed by atoms with Gasteiger partial charge in [-0.05, 0) is 57.4 Å². The van der Waals surface area contributed by atoms with Gasteiger partial charge in [0.25, 0.3) is 0 Å². The number of carbonyl (C=O) groups is 2. The Morgan fingerprint density at radius 1 is 1.33 bits per heavy atom. The molecular weight excluding hydrogens is 268 g/mol. The van der Waals surface area contributed by atoms with E-state index in [1.54, 1.807) is 12.1 Å². The molecule has 0 spiro atoms. The molecule has 1 aromatic carbocycles. The molecule has 1 aliphatic rings. The molecule has 0 aliphatic carbocycles. The topological polar surface area (TPSA) is 72.6 Å². The van der Waals surface area contributed by atoms with Crippen LogP contribution in [-0.2, 0) is 20.7 Å². The fourth-order valence-corrected chi connectivity index (χ4v) is 2.44. The largest absolute Gasteiger partial charge is 0.459 e. The second-order valence-corrected chi connectivity index (χ2v) is 6.31. The zero-order chi connectivity index (χ0) is 15.6. The van der Waals surface area contributed by atoms with E-state index in [0.717, 1.165) is 24.1 Å². The molecule has 1 amide bonds. The second kappa shape index (κ2) is 5.76. The number of nitrogens with zero attached hydrogens (tertiary/aromatic N) is 1. The minimum absolute atomic E-state index is 0.0515. The van der Waals surface area contributed by atoms with E-state index in [9.17, 15) is 9.59 Å².